The van der Waals surface area contributed by atoms with E-state index in [1.807, 2.05) is 12.1 Å². The lowest BCUT2D eigenvalue weighted by Crippen LogP contribution is -2.17. The summed E-state index contributed by atoms with van der Waals surface area (Å²) in [5.74, 6) is 0. The molecular formula is C49H33NO2. The van der Waals surface area contributed by atoms with E-state index in [1.165, 1.54) is 49.5 Å². The number of nitrogens with zero attached hydrogens (tertiary/aromatic N) is 1. The molecule has 3 nitrogen and oxygen atoms in total. The minimum atomic E-state index is -0.284. The predicted molar refractivity (Wildman–Crippen MR) is 216 cm³/mol. The Kier molecular flexibility index (Phi) is 6.01. The Morgan fingerprint density at radius 3 is 1.98 bits per heavy atom. The van der Waals surface area contributed by atoms with E-state index >= 15 is 0 Å². The van der Waals surface area contributed by atoms with E-state index in [2.05, 4.69) is 170 Å². The van der Waals surface area contributed by atoms with Crippen molar-refractivity contribution in [2.24, 2.45) is 0 Å². The first-order valence-electron chi connectivity index (χ1n) is 17.9. The molecule has 0 saturated heterocycles. The fraction of sp³-hybridized carbons (Fsp3) is 0.0612. The number of anilines is 3. The predicted octanol–water partition coefficient (Wildman–Crippen LogP) is 14.1. The fourth-order valence-corrected chi connectivity index (χ4v) is 8.73. The maximum Gasteiger partial charge on any atom is 0.140 e. The van der Waals surface area contributed by atoms with Gasteiger partial charge in [-0.2, -0.15) is 0 Å². The first-order valence-corrected chi connectivity index (χ1v) is 17.9. The van der Waals surface area contributed by atoms with E-state index in [4.69, 9.17) is 8.83 Å². The zero-order valence-corrected chi connectivity index (χ0v) is 28.9. The zero-order valence-electron chi connectivity index (χ0n) is 28.9. The Labute approximate surface area is 301 Å². The van der Waals surface area contributed by atoms with Gasteiger partial charge in [-0.25, -0.2) is 0 Å². The lowest BCUT2D eigenvalue weighted by molar-refractivity contribution is 0.620. The van der Waals surface area contributed by atoms with Gasteiger partial charge in [0, 0.05) is 38.5 Å². The van der Waals surface area contributed by atoms with Crippen molar-refractivity contribution in [1.82, 2.24) is 0 Å². The second kappa shape index (κ2) is 10.7. The van der Waals surface area contributed by atoms with Gasteiger partial charge in [0.25, 0.3) is 0 Å². The van der Waals surface area contributed by atoms with Gasteiger partial charge in [0.1, 0.15) is 22.3 Å². The first kappa shape index (κ1) is 29.2. The molecule has 0 spiro atoms. The SMILES string of the molecule is CC1(C)c2cc(N(c3ccc(-c4ccc5ccccc5c4)cc3)c3cccc4oc5ccccc5c34)ccc2-c2ccc3c(oc4ccccc43)c21. The minimum absolute atomic E-state index is 0.284. The van der Waals surface area contributed by atoms with Crippen LogP contribution in [-0.2, 0) is 5.41 Å². The summed E-state index contributed by atoms with van der Waals surface area (Å²) >= 11 is 0. The topological polar surface area (TPSA) is 29.5 Å². The number of furan rings is 2. The highest BCUT2D eigenvalue weighted by Crippen LogP contribution is 2.54. The molecule has 0 bridgehead atoms. The summed E-state index contributed by atoms with van der Waals surface area (Å²) in [6, 6.07) is 58.8. The Balaban J connectivity index is 1.10. The smallest absolute Gasteiger partial charge is 0.140 e. The minimum Gasteiger partial charge on any atom is -0.456 e. The second-order valence-electron chi connectivity index (χ2n) is 14.5. The molecule has 1 aliphatic carbocycles. The third-order valence-corrected chi connectivity index (χ3v) is 11.2. The van der Waals surface area contributed by atoms with Crippen molar-refractivity contribution in [3.63, 3.8) is 0 Å². The summed E-state index contributed by atoms with van der Waals surface area (Å²) in [6.07, 6.45) is 0. The summed E-state index contributed by atoms with van der Waals surface area (Å²) in [5.41, 5.74) is 14.1. The molecule has 1 aliphatic rings. The number of benzene rings is 8. The van der Waals surface area contributed by atoms with Gasteiger partial charge >= 0.3 is 0 Å². The number of fused-ring (bicyclic) bond motifs is 11. The van der Waals surface area contributed by atoms with Gasteiger partial charge < -0.3 is 13.7 Å². The molecule has 52 heavy (non-hydrogen) atoms. The van der Waals surface area contributed by atoms with Crippen LogP contribution in [0.3, 0.4) is 0 Å². The van der Waals surface area contributed by atoms with Crippen LogP contribution in [0.1, 0.15) is 25.0 Å². The number of hydrogen-bond acceptors (Lipinski definition) is 3. The lowest BCUT2D eigenvalue weighted by Gasteiger charge is -2.28. The average molecular weight is 668 g/mol. The highest BCUT2D eigenvalue weighted by atomic mass is 16.3. The molecule has 2 heterocycles. The third-order valence-electron chi connectivity index (χ3n) is 11.2. The summed E-state index contributed by atoms with van der Waals surface area (Å²) in [6.45, 7) is 4.67. The van der Waals surface area contributed by atoms with Gasteiger partial charge in [-0.15, -0.1) is 0 Å². The fourth-order valence-electron chi connectivity index (χ4n) is 8.73. The average Bonchev–Trinajstić information content (AvgIpc) is 3.83. The van der Waals surface area contributed by atoms with Gasteiger partial charge in [0.15, 0.2) is 0 Å². The van der Waals surface area contributed by atoms with Crippen molar-refractivity contribution in [3.05, 3.63) is 175 Å². The molecule has 0 atom stereocenters. The van der Waals surface area contributed by atoms with Crippen molar-refractivity contribution in [2.75, 3.05) is 4.90 Å². The molecule has 3 heteroatoms. The second-order valence-corrected chi connectivity index (χ2v) is 14.5. The van der Waals surface area contributed by atoms with Crippen molar-refractivity contribution in [3.8, 4) is 22.3 Å². The van der Waals surface area contributed by atoms with Gasteiger partial charge in [0.2, 0.25) is 0 Å². The molecular weight excluding hydrogens is 635 g/mol. The van der Waals surface area contributed by atoms with Gasteiger partial charge in [0.05, 0.1) is 11.1 Å². The van der Waals surface area contributed by atoms with Crippen LogP contribution >= 0.6 is 0 Å². The van der Waals surface area contributed by atoms with Crippen LogP contribution in [-0.4, -0.2) is 0 Å². The molecule has 2 aromatic heterocycles. The van der Waals surface area contributed by atoms with Crippen LogP contribution in [0, 0.1) is 0 Å². The molecule has 0 unspecified atom stereocenters. The molecule has 0 radical (unpaired) electrons. The van der Waals surface area contributed by atoms with Gasteiger partial charge in [-0.3, -0.25) is 0 Å². The van der Waals surface area contributed by atoms with Crippen molar-refractivity contribution < 1.29 is 8.83 Å². The number of rotatable bonds is 4. The van der Waals surface area contributed by atoms with Crippen LogP contribution in [0.4, 0.5) is 17.1 Å². The van der Waals surface area contributed by atoms with Gasteiger partial charge in [-0.1, -0.05) is 117 Å². The van der Waals surface area contributed by atoms with E-state index in [9.17, 15) is 0 Å². The zero-order chi connectivity index (χ0) is 34.6. The largest absolute Gasteiger partial charge is 0.456 e. The highest BCUT2D eigenvalue weighted by molar-refractivity contribution is 6.14. The van der Waals surface area contributed by atoms with Crippen LogP contribution in [0.5, 0.6) is 0 Å². The first-order chi connectivity index (χ1) is 25.5. The van der Waals surface area contributed by atoms with Crippen LogP contribution in [0.15, 0.2) is 173 Å². The van der Waals surface area contributed by atoms with Crippen LogP contribution < -0.4 is 4.90 Å². The standard InChI is InChI=1S/C49H33NO2/c1-49(2)41-29-35(24-25-36(41)38-26-27-39-37-12-5-7-15-43(37)52-48(39)47(38)49)50(42-14-9-17-45-46(42)40-13-6-8-16-44(40)51-45)34-22-20-31(21-23-34)33-19-18-30-10-3-4-11-32(30)28-33/h3-29H,1-2H3. The molecule has 8 aromatic carbocycles. The Bertz CT molecular complexity index is 3050. The number of para-hydroxylation sites is 2. The monoisotopic (exact) mass is 667 g/mol. The maximum absolute atomic E-state index is 6.61. The molecule has 0 saturated carbocycles. The summed E-state index contributed by atoms with van der Waals surface area (Å²) < 4.78 is 13.0. The van der Waals surface area contributed by atoms with Crippen molar-refractivity contribution >= 4 is 71.7 Å². The van der Waals surface area contributed by atoms with Crippen LogP contribution in [0.2, 0.25) is 0 Å². The highest BCUT2D eigenvalue weighted by Gasteiger charge is 2.39. The molecule has 0 fully saturated rings. The van der Waals surface area contributed by atoms with E-state index < -0.39 is 0 Å². The third kappa shape index (κ3) is 4.14. The Morgan fingerprint density at radius 2 is 1.13 bits per heavy atom. The lowest BCUT2D eigenvalue weighted by atomic mass is 9.81. The van der Waals surface area contributed by atoms with Crippen molar-refractivity contribution in [2.45, 2.75) is 19.3 Å². The summed E-state index contributed by atoms with van der Waals surface area (Å²) in [7, 11) is 0. The molecule has 11 rings (SSSR count). The summed E-state index contributed by atoms with van der Waals surface area (Å²) in [5, 5.41) is 7.02. The quantitative estimate of drug-likeness (QED) is 0.187. The van der Waals surface area contributed by atoms with E-state index in [1.54, 1.807) is 0 Å². The molecule has 0 N–H and O–H groups in total. The molecule has 10 aromatic rings. The molecule has 246 valence electrons. The summed E-state index contributed by atoms with van der Waals surface area (Å²) in [4.78, 5) is 2.39. The van der Waals surface area contributed by atoms with E-state index in [0.29, 0.717) is 0 Å². The van der Waals surface area contributed by atoms with Crippen LogP contribution in [0.25, 0.3) is 76.9 Å². The normalized spacial score (nSPS) is 13.3. The maximum atomic E-state index is 6.61. The molecule has 0 amide bonds. The molecule has 0 aliphatic heterocycles. The van der Waals surface area contributed by atoms with Crippen molar-refractivity contribution in [1.29, 1.82) is 0 Å². The van der Waals surface area contributed by atoms with E-state index in [-0.39, 0.29) is 5.41 Å². The number of hydrogen-bond donors (Lipinski definition) is 0. The Hall–Kier alpha value is -6.58. The van der Waals surface area contributed by atoms with E-state index in [0.717, 1.165) is 55.6 Å². The van der Waals surface area contributed by atoms with Gasteiger partial charge in [-0.05, 0) is 99.3 Å². The Morgan fingerprint density at radius 1 is 0.462 bits per heavy atom.